The number of rotatable bonds is 1. The normalized spacial score (nSPS) is 9.56. The minimum Gasteiger partial charge on any atom is -0.109 e. The molecule has 0 N–H and O–H groups in total. The van der Waals surface area contributed by atoms with Crippen molar-refractivity contribution in [3.05, 3.63) is 40.7 Å². The van der Waals surface area contributed by atoms with Crippen molar-refractivity contribution in [1.82, 2.24) is 0 Å². The number of hydrogen-bond acceptors (Lipinski definition) is 0. The molecule has 0 saturated carbocycles. The van der Waals surface area contributed by atoms with Crippen LogP contribution in [0.1, 0.15) is 5.56 Å². The molecule has 0 atom stereocenters. The first kappa shape index (κ1) is 6.91. The molecule has 0 fully saturated rings. The molecule has 2 heteroatoms. The molecule has 1 aromatic carbocycles. The van der Waals surface area contributed by atoms with E-state index in [9.17, 15) is 0 Å². The summed E-state index contributed by atoms with van der Waals surface area (Å²) in [6.45, 7) is 0. The molecule has 0 aliphatic heterocycles. The maximum atomic E-state index is 5.62. The van der Waals surface area contributed by atoms with E-state index in [1.165, 1.54) is 0 Å². The Morgan fingerprint density at radius 1 is 1.33 bits per heavy atom. The largest absolute Gasteiger partial charge is 0.120 e. The first-order valence-corrected chi connectivity index (χ1v) is 3.21. The fourth-order valence-electron chi connectivity index (χ4n) is 0.547. The molecular formula is C7H4Cl2. The Morgan fingerprint density at radius 3 is 2.56 bits per heavy atom. The molecule has 0 aromatic heterocycles. The van der Waals surface area contributed by atoms with Gasteiger partial charge in [-0.1, -0.05) is 23.7 Å². The van der Waals surface area contributed by atoms with Crippen LogP contribution in [0.3, 0.4) is 0 Å². The highest BCUT2D eigenvalue weighted by atomic mass is 35.5. The zero-order valence-corrected chi connectivity index (χ0v) is 6.08. The molecule has 1 rings (SSSR count). The lowest BCUT2D eigenvalue weighted by Gasteiger charge is -1.91. The second-order valence-corrected chi connectivity index (χ2v) is 2.23. The van der Waals surface area contributed by atoms with Gasteiger partial charge in [0.05, 0.1) is 0 Å². The number of benzene rings is 1. The van der Waals surface area contributed by atoms with Crippen molar-refractivity contribution in [1.29, 1.82) is 0 Å². The van der Waals surface area contributed by atoms with Crippen LogP contribution in [-0.4, -0.2) is 0 Å². The second kappa shape index (κ2) is 3.09. The van der Waals surface area contributed by atoms with E-state index in [0.717, 1.165) is 5.56 Å². The molecular weight excluding hydrogens is 155 g/mol. The Kier molecular flexibility index (Phi) is 2.38. The molecule has 0 aliphatic rings. The van der Waals surface area contributed by atoms with Crippen LogP contribution in [0.4, 0.5) is 0 Å². The summed E-state index contributed by atoms with van der Waals surface area (Å²) in [5.74, 6) is 2.46. The van der Waals surface area contributed by atoms with Gasteiger partial charge in [-0.25, -0.2) is 0 Å². The summed E-state index contributed by atoms with van der Waals surface area (Å²) in [5, 5.41) is 0.681. The van der Waals surface area contributed by atoms with E-state index < -0.39 is 0 Å². The molecule has 0 unspecified atom stereocenters. The zero-order chi connectivity index (χ0) is 6.69. The highest BCUT2D eigenvalue weighted by Gasteiger charge is 1.90. The standard InChI is InChI=1S/C7H4Cl2/c8-5-6-2-1-3-7(9)4-6/h1-4H. The Hall–Kier alpha value is -0.200. The van der Waals surface area contributed by atoms with Crippen LogP contribution < -0.4 is 0 Å². The zero-order valence-electron chi connectivity index (χ0n) is 4.57. The Balaban J connectivity index is 2.94. The molecule has 2 radical (unpaired) electrons. The summed E-state index contributed by atoms with van der Waals surface area (Å²) in [6.07, 6.45) is 0. The van der Waals surface area contributed by atoms with Gasteiger partial charge in [0.25, 0.3) is 0 Å². The average Bonchev–Trinajstić information content (AvgIpc) is 1.88. The van der Waals surface area contributed by atoms with Crippen LogP contribution in [0.2, 0.25) is 5.02 Å². The van der Waals surface area contributed by atoms with Gasteiger partial charge in [-0.2, -0.15) is 0 Å². The maximum absolute atomic E-state index is 5.62. The minimum atomic E-state index is 0.681. The molecule has 0 heterocycles. The first-order valence-electron chi connectivity index (χ1n) is 2.45. The van der Waals surface area contributed by atoms with E-state index in [0.29, 0.717) is 5.02 Å². The summed E-state index contributed by atoms with van der Waals surface area (Å²) in [5.41, 5.74) is 0.809. The van der Waals surface area contributed by atoms with E-state index in [2.05, 4.69) is 5.88 Å². The van der Waals surface area contributed by atoms with Gasteiger partial charge in [-0.3, -0.25) is 0 Å². The summed E-state index contributed by atoms with van der Waals surface area (Å²) in [4.78, 5) is 0. The SMILES string of the molecule is Cl[C]c1cccc(Cl)c1. The smallest absolute Gasteiger partial charge is 0.109 e. The topological polar surface area (TPSA) is 0 Å². The van der Waals surface area contributed by atoms with Crippen molar-refractivity contribution in [3.63, 3.8) is 0 Å². The minimum absolute atomic E-state index is 0.681. The quantitative estimate of drug-likeness (QED) is 0.590. The van der Waals surface area contributed by atoms with Crippen molar-refractivity contribution >= 4 is 23.2 Å². The van der Waals surface area contributed by atoms with Crippen LogP contribution in [0, 0.1) is 5.88 Å². The van der Waals surface area contributed by atoms with Crippen molar-refractivity contribution in [3.8, 4) is 0 Å². The Labute approximate surface area is 64.4 Å². The molecule has 9 heavy (non-hydrogen) atoms. The molecule has 0 saturated heterocycles. The van der Waals surface area contributed by atoms with Crippen molar-refractivity contribution < 1.29 is 0 Å². The summed E-state index contributed by atoms with van der Waals surface area (Å²) >= 11 is 10.9. The van der Waals surface area contributed by atoms with Gasteiger partial charge in [0.1, 0.15) is 5.88 Å². The third kappa shape index (κ3) is 1.88. The molecule has 1 aromatic rings. The molecule has 46 valence electrons. The predicted molar refractivity (Wildman–Crippen MR) is 39.7 cm³/mol. The van der Waals surface area contributed by atoms with E-state index in [-0.39, 0.29) is 0 Å². The lowest BCUT2D eigenvalue weighted by Crippen LogP contribution is -1.71. The van der Waals surface area contributed by atoms with Crippen LogP contribution in [-0.2, 0) is 0 Å². The molecule has 0 amide bonds. The molecule has 0 nitrogen and oxygen atoms in total. The fraction of sp³-hybridized carbons (Fsp3) is 0. The maximum Gasteiger partial charge on any atom is 0.120 e. The highest BCUT2D eigenvalue weighted by Crippen LogP contribution is 2.12. The van der Waals surface area contributed by atoms with Gasteiger partial charge in [-0.05, 0) is 17.7 Å². The first-order chi connectivity index (χ1) is 4.33. The highest BCUT2D eigenvalue weighted by molar-refractivity contribution is 6.31. The van der Waals surface area contributed by atoms with Gasteiger partial charge in [0, 0.05) is 5.02 Å². The van der Waals surface area contributed by atoms with Gasteiger partial charge in [-0.15, -0.1) is 11.6 Å². The van der Waals surface area contributed by atoms with E-state index in [1.807, 2.05) is 12.1 Å². The summed E-state index contributed by atoms with van der Waals surface area (Å²) < 4.78 is 0. The lowest BCUT2D eigenvalue weighted by atomic mass is 10.2. The van der Waals surface area contributed by atoms with E-state index in [4.69, 9.17) is 23.2 Å². The second-order valence-electron chi connectivity index (χ2n) is 1.60. The molecule has 0 spiro atoms. The average molecular weight is 159 g/mol. The van der Waals surface area contributed by atoms with Crippen molar-refractivity contribution in [2.45, 2.75) is 0 Å². The Morgan fingerprint density at radius 2 is 2.11 bits per heavy atom. The van der Waals surface area contributed by atoms with Crippen LogP contribution in [0.25, 0.3) is 0 Å². The van der Waals surface area contributed by atoms with E-state index >= 15 is 0 Å². The van der Waals surface area contributed by atoms with Crippen LogP contribution in [0.5, 0.6) is 0 Å². The number of hydrogen-bond donors (Lipinski definition) is 0. The fourth-order valence-corrected chi connectivity index (χ4v) is 0.855. The molecule has 0 bridgehead atoms. The summed E-state index contributed by atoms with van der Waals surface area (Å²) in [7, 11) is 0. The Bertz CT molecular complexity index is 196. The third-order valence-corrected chi connectivity index (χ3v) is 1.39. The van der Waals surface area contributed by atoms with Crippen LogP contribution in [0.15, 0.2) is 24.3 Å². The summed E-state index contributed by atoms with van der Waals surface area (Å²) in [6, 6.07) is 7.19. The number of halogens is 2. The predicted octanol–water partition coefficient (Wildman–Crippen LogP) is 2.97. The van der Waals surface area contributed by atoms with Gasteiger partial charge in [0.2, 0.25) is 0 Å². The van der Waals surface area contributed by atoms with Crippen molar-refractivity contribution in [2.75, 3.05) is 0 Å². The van der Waals surface area contributed by atoms with Gasteiger partial charge >= 0.3 is 0 Å². The lowest BCUT2D eigenvalue weighted by molar-refractivity contribution is 1.59. The monoisotopic (exact) mass is 158 g/mol. The van der Waals surface area contributed by atoms with Gasteiger partial charge in [0.15, 0.2) is 0 Å². The molecule has 0 aliphatic carbocycles. The van der Waals surface area contributed by atoms with Crippen LogP contribution >= 0.6 is 23.2 Å². The third-order valence-electron chi connectivity index (χ3n) is 0.934. The van der Waals surface area contributed by atoms with E-state index in [1.54, 1.807) is 12.1 Å². The van der Waals surface area contributed by atoms with Gasteiger partial charge < -0.3 is 0 Å². The van der Waals surface area contributed by atoms with Crippen molar-refractivity contribution in [2.24, 2.45) is 0 Å².